The number of rotatable bonds is 5. The summed E-state index contributed by atoms with van der Waals surface area (Å²) in [5.74, 6) is 0.565. The summed E-state index contributed by atoms with van der Waals surface area (Å²) in [5, 5.41) is 2.95. The second-order valence-corrected chi connectivity index (χ2v) is 6.83. The number of likely N-dealkylation sites (tertiary alicyclic amines) is 1. The minimum absolute atomic E-state index is 0.130. The van der Waals surface area contributed by atoms with Crippen LogP contribution in [-0.4, -0.2) is 44.8 Å². The van der Waals surface area contributed by atoms with Gasteiger partial charge in [-0.1, -0.05) is 12.1 Å². The maximum absolute atomic E-state index is 12.9. The maximum Gasteiger partial charge on any atom is 0.271 e. The van der Waals surface area contributed by atoms with Gasteiger partial charge in [0.25, 0.3) is 5.91 Å². The number of aromatic nitrogens is 3. The van der Waals surface area contributed by atoms with Gasteiger partial charge < -0.3 is 19.9 Å². The highest BCUT2D eigenvalue weighted by Gasteiger charge is 2.29. The largest absolute Gasteiger partial charge is 0.454 e. The summed E-state index contributed by atoms with van der Waals surface area (Å²) < 4.78 is 5.85. The molecule has 148 valence electrons. The molecule has 1 aromatic carbocycles. The number of H-pyrrole nitrogens is 1. The van der Waals surface area contributed by atoms with E-state index in [1.54, 1.807) is 41.6 Å². The van der Waals surface area contributed by atoms with Crippen LogP contribution in [0.15, 0.2) is 61.3 Å². The van der Waals surface area contributed by atoms with Crippen LogP contribution < -0.4 is 10.1 Å². The number of nitrogens with zero attached hydrogens (tertiary/aromatic N) is 3. The Morgan fingerprint density at radius 1 is 1.14 bits per heavy atom. The van der Waals surface area contributed by atoms with Crippen LogP contribution in [0, 0.1) is 5.92 Å². The van der Waals surface area contributed by atoms with Crippen LogP contribution in [0.2, 0.25) is 0 Å². The van der Waals surface area contributed by atoms with Crippen LogP contribution in [0.25, 0.3) is 0 Å². The fraction of sp³-hybridized carbons (Fsp3) is 0.238. The van der Waals surface area contributed by atoms with Gasteiger partial charge in [-0.25, -0.2) is 4.98 Å². The summed E-state index contributed by atoms with van der Waals surface area (Å²) >= 11 is 0. The Kier molecular flexibility index (Phi) is 5.51. The number of piperidine rings is 1. The van der Waals surface area contributed by atoms with Crippen LogP contribution >= 0.6 is 0 Å². The van der Waals surface area contributed by atoms with E-state index in [4.69, 9.17) is 4.74 Å². The molecule has 2 amide bonds. The van der Waals surface area contributed by atoms with Crippen LogP contribution in [-0.2, 0) is 4.79 Å². The van der Waals surface area contributed by atoms with Gasteiger partial charge in [0, 0.05) is 19.3 Å². The summed E-state index contributed by atoms with van der Waals surface area (Å²) in [6.45, 7) is 0.998. The second kappa shape index (κ2) is 8.55. The molecule has 4 rings (SSSR count). The molecule has 1 fully saturated rings. The molecule has 2 aromatic heterocycles. The number of carbonyl (C=O) groups excluding carboxylic acids is 2. The van der Waals surface area contributed by atoms with Gasteiger partial charge in [-0.05, 0) is 37.1 Å². The van der Waals surface area contributed by atoms with Gasteiger partial charge in [0.2, 0.25) is 5.91 Å². The number of aromatic amines is 1. The highest BCUT2D eigenvalue weighted by atomic mass is 16.5. The van der Waals surface area contributed by atoms with Crippen molar-refractivity contribution in [1.82, 2.24) is 19.9 Å². The topological polar surface area (TPSA) is 100 Å². The lowest BCUT2D eigenvalue weighted by Crippen LogP contribution is -2.43. The predicted octanol–water partition coefficient (Wildman–Crippen LogP) is 3.09. The number of carbonyl (C=O) groups is 2. The monoisotopic (exact) mass is 391 g/mol. The van der Waals surface area contributed by atoms with E-state index in [1.165, 1.54) is 12.5 Å². The average molecular weight is 391 g/mol. The molecule has 0 spiro atoms. The third kappa shape index (κ3) is 4.43. The Morgan fingerprint density at radius 2 is 2.03 bits per heavy atom. The highest BCUT2D eigenvalue weighted by molar-refractivity contribution is 5.96. The predicted molar refractivity (Wildman–Crippen MR) is 107 cm³/mol. The zero-order valence-electron chi connectivity index (χ0n) is 15.7. The van der Waals surface area contributed by atoms with Crippen molar-refractivity contribution < 1.29 is 14.3 Å². The van der Waals surface area contributed by atoms with Crippen molar-refractivity contribution in [3.63, 3.8) is 0 Å². The number of ether oxygens (including phenoxy) is 1. The molecule has 8 heteroatoms. The quantitative estimate of drug-likeness (QED) is 0.696. The zero-order valence-corrected chi connectivity index (χ0v) is 15.7. The number of imidazole rings is 1. The summed E-state index contributed by atoms with van der Waals surface area (Å²) in [6.07, 6.45) is 7.74. The van der Waals surface area contributed by atoms with Gasteiger partial charge in [-0.15, -0.1) is 0 Å². The first kappa shape index (κ1) is 18.7. The van der Waals surface area contributed by atoms with E-state index in [0.29, 0.717) is 36.0 Å². The van der Waals surface area contributed by atoms with Crippen LogP contribution in [0.1, 0.15) is 23.3 Å². The van der Waals surface area contributed by atoms with Gasteiger partial charge in [-0.2, -0.15) is 0 Å². The van der Waals surface area contributed by atoms with Crippen LogP contribution in [0.5, 0.6) is 11.5 Å². The molecule has 29 heavy (non-hydrogen) atoms. The number of hydrogen-bond donors (Lipinski definition) is 2. The molecule has 1 unspecified atom stereocenters. The third-order valence-electron chi connectivity index (χ3n) is 4.82. The summed E-state index contributed by atoms with van der Waals surface area (Å²) in [5.41, 5.74) is 1.01. The van der Waals surface area contributed by atoms with Crippen molar-refractivity contribution in [3.8, 4) is 11.5 Å². The molecular formula is C21H21N5O3. The van der Waals surface area contributed by atoms with Crippen molar-refractivity contribution in [2.45, 2.75) is 12.8 Å². The number of para-hydroxylation sites is 2. The number of anilines is 1. The van der Waals surface area contributed by atoms with Gasteiger partial charge in [-0.3, -0.25) is 14.6 Å². The van der Waals surface area contributed by atoms with E-state index in [1.807, 2.05) is 12.1 Å². The fourth-order valence-electron chi connectivity index (χ4n) is 3.35. The van der Waals surface area contributed by atoms with E-state index in [0.717, 1.165) is 12.8 Å². The van der Waals surface area contributed by atoms with Crippen molar-refractivity contribution in [3.05, 3.63) is 67.0 Å². The summed E-state index contributed by atoms with van der Waals surface area (Å²) in [4.78, 5) is 37.9. The summed E-state index contributed by atoms with van der Waals surface area (Å²) in [6, 6.07) is 10.8. The third-order valence-corrected chi connectivity index (χ3v) is 4.82. The summed E-state index contributed by atoms with van der Waals surface area (Å²) in [7, 11) is 0. The van der Waals surface area contributed by atoms with E-state index >= 15 is 0 Å². The molecule has 1 aliphatic heterocycles. The van der Waals surface area contributed by atoms with Crippen LogP contribution in [0.4, 0.5) is 5.69 Å². The van der Waals surface area contributed by atoms with E-state index in [2.05, 4.69) is 20.3 Å². The lowest BCUT2D eigenvalue weighted by molar-refractivity contribution is -0.121. The second-order valence-electron chi connectivity index (χ2n) is 6.83. The Morgan fingerprint density at radius 3 is 2.83 bits per heavy atom. The first-order chi connectivity index (χ1) is 14.2. The van der Waals surface area contributed by atoms with Crippen molar-refractivity contribution in [2.75, 3.05) is 18.4 Å². The Balaban J connectivity index is 1.43. The number of benzene rings is 1. The Bertz CT molecular complexity index is 975. The van der Waals surface area contributed by atoms with Gasteiger partial charge >= 0.3 is 0 Å². The molecular weight excluding hydrogens is 370 g/mol. The van der Waals surface area contributed by atoms with Crippen molar-refractivity contribution in [2.24, 2.45) is 5.92 Å². The van der Waals surface area contributed by atoms with Crippen LogP contribution in [0.3, 0.4) is 0 Å². The molecule has 0 radical (unpaired) electrons. The molecule has 1 atom stereocenters. The Hall–Kier alpha value is -3.68. The van der Waals surface area contributed by atoms with Gasteiger partial charge in [0.15, 0.2) is 5.75 Å². The standard InChI is InChI=1S/C21H21N5O3/c27-20(15-5-4-10-26(13-15)21(28)18-12-23-14-24-18)25-17-7-1-2-8-19(17)29-16-6-3-9-22-11-16/h1-3,6-9,11-12,14-15H,4-5,10,13H2,(H,23,24)(H,25,27). The molecule has 0 bridgehead atoms. The number of amides is 2. The minimum atomic E-state index is -0.290. The lowest BCUT2D eigenvalue weighted by atomic mass is 9.96. The van der Waals surface area contributed by atoms with E-state index in [-0.39, 0.29) is 17.7 Å². The Labute approximate surface area is 167 Å². The smallest absolute Gasteiger partial charge is 0.271 e. The van der Waals surface area contributed by atoms with Gasteiger partial charge in [0.1, 0.15) is 11.4 Å². The molecule has 3 aromatic rings. The number of hydrogen-bond acceptors (Lipinski definition) is 5. The molecule has 8 nitrogen and oxygen atoms in total. The van der Waals surface area contributed by atoms with E-state index < -0.39 is 0 Å². The molecule has 2 N–H and O–H groups in total. The fourth-order valence-corrected chi connectivity index (χ4v) is 3.35. The number of nitrogens with one attached hydrogen (secondary N) is 2. The van der Waals surface area contributed by atoms with Gasteiger partial charge in [0.05, 0.1) is 30.3 Å². The maximum atomic E-state index is 12.9. The molecule has 0 aliphatic carbocycles. The highest BCUT2D eigenvalue weighted by Crippen LogP contribution is 2.30. The lowest BCUT2D eigenvalue weighted by Gasteiger charge is -2.31. The number of pyridine rings is 1. The average Bonchev–Trinajstić information content (AvgIpc) is 3.30. The zero-order chi connectivity index (χ0) is 20.1. The molecule has 0 saturated carbocycles. The SMILES string of the molecule is O=C(Nc1ccccc1Oc1cccnc1)C1CCCN(C(=O)c2cnc[nH]2)C1. The van der Waals surface area contributed by atoms with Crippen molar-refractivity contribution in [1.29, 1.82) is 0 Å². The first-order valence-corrected chi connectivity index (χ1v) is 9.46. The van der Waals surface area contributed by atoms with E-state index in [9.17, 15) is 9.59 Å². The minimum Gasteiger partial charge on any atom is -0.454 e. The normalized spacial score (nSPS) is 16.3. The molecule has 3 heterocycles. The molecule has 1 saturated heterocycles. The first-order valence-electron chi connectivity index (χ1n) is 9.46. The molecule has 1 aliphatic rings. The van der Waals surface area contributed by atoms with Crippen molar-refractivity contribution >= 4 is 17.5 Å².